The van der Waals surface area contributed by atoms with Crippen molar-refractivity contribution >= 4 is 0 Å². The van der Waals surface area contributed by atoms with E-state index < -0.39 is 0 Å². The summed E-state index contributed by atoms with van der Waals surface area (Å²) >= 11 is 0. The van der Waals surface area contributed by atoms with E-state index in [2.05, 4.69) is 9.97 Å². The van der Waals surface area contributed by atoms with Gasteiger partial charge in [-0.1, -0.05) is 0 Å². The van der Waals surface area contributed by atoms with Crippen molar-refractivity contribution in [3.05, 3.63) is 17.6 Å². The van der Waals surface area contributed by atoms with Gasteiger partial charge in [0.15, 0.2) is 0 Å². The van der Waals surface area contributed by atoms with Gasteiger partial charge in [0, 0.05) is 18.2 Å². The fourth-order valence-electron chi connectivity index (χ4n) is 1.06. The molecular weight excluding hydrogens is 166 g/mol. The Hall–Kier alpha value is -1.16. The first kappa shape index (κ1) is 9.92. The molecule has 13 heavy (non-hydrogen) atoms. The molecule has 1 rings (SSSR count). The quantitative estimate of drug-likeness (QED) is 0.742. The number of aromatic nitrogens is 2. The molecule has 0 aromatic carbocycles. The van der Waals surface area contributed by atoms with Crippen LogP contribution in [0.2, 0.25) is 0 Å². The van der Waals surface area contributed by atoms with Crippen LogP contribution in [0.3, 0.4) is 0 Å². The molecule has 0 atom stereocenters. The molecule has 1 aromatic rings. The molecule has 0 aliphatic rings. The van der Waals surface area contributed by atoms with Crippen LogP contribution in [0.15, 0.2) is 6.07 Å². The molecule has 0 aliphatic heterocycles. The highest BCUT2D eigenvalue weighted by molar-refractivity contribution is 5.15. The minimum atomic E-state index is 0.565. The maximum Gasteiger partial charge on any atom is 0.216 e. The fraction of sp³-hybridized carbons (Fsp3) is 0.556. The average Bonchev–Trinajstić information content (AvgIpc) is 2.04. The average molecular weight is 181 g/mol. The highest BCUT2D eigenvalue weighted by atomic mass is 16.5. The van der Waals surface area contributed by atoms with E-state index in [1.165, 1.54) is 0 Å². The second-order valence-corrected chi connectivity index (χ2v) is 2.74. The molecule has 2 N–H and O–H groups in total. The highest BCUT2D eigenvalue weighted by Gasteiger charge is 2.01. The molecule has 0 fully saturated rings. The first-order valence-corrected chi connectivity index (χ1v) is 4.43. The lowest BCUT2D eigenvalue weighted by molar-refractivity contribution is 0.324. The summed E-state index contributed by atoms with van der Waals surface area (Å²) in [7, 11) is 0. The van der Waals surface area contributed by atoms with Crippen molar-refractivity contribution < 1.29 is 4.74 Å². The molecule has 0 spiro atoms. The zero-order chi connectivity index (χ0) is 9.68. The van der Waals surface area contributed by atoms with Crippen molar-refractivity contribution in [1.29, 1.82) is 0 Å². The lowest BCUT2D eigenvalue weighted by atomic mass is 10.3. The van der Waals surface area contributed by atoms with E-state index in [1.807, 2.05) is 19.9 Å². The third kappa shape index (κ3) is 2.99. The van der Waals surface area contributed by atoms with E-state index in [9.17, 15) is 0 Å². The molecule has 4 nitrogen and oxygen atoms in total. The summed E-state index contributed by atoms with van der Waals surface area (Å²) in [6, 6.07) is 1.82. The van der Waals surface area contributed by atoms with Crippen molar-refractivity contribution in [1.82, 2.24) is 9.97 Å². The monoisotopic (exact) mass is 181 g/mol. The Bertz CT molecular complexity index is 251. The zero-order valence-corrected chi connectivity index (χ0v) is 8.08. The summed E-state index contributed by atoms with van der Waals surface area (Å²) in [5.74, 6) is 1.39. The van der Waals surface area contributed by atoms with Gasteiger partial charge >= 0.3 is 0 Å². The number of nitrogens with zero attached hydrogens (tertiary/aromatic N) is 2. The molecule has 0 radical (unpaired) electrons. The summed E-state index contributed by atoms with van der Waals surface area (Å²) in [5.41, 5.74) is 6.33. The Balaban J connectivity index is 2.83. The lowest BCUT2D eigenvalue weighted by Gasteiger charge is -2.04. The van der Waals surface area contributed by atoms with E-state index >= 15 is 0 Å². The van der Waals surface area contributed by atoms with Crippen molar-refractivity contribution in [2.45, 2.75) is 20.3 Å². The predicted octanol–water partition coefficient (Wildman–Crippen LogP) is 0.685. The molecule has 0 bridgehead atoms. The van der Waals surface area contributed by atoms with E-state index in [0.717, 1.165) is 11.5 Å². The highest BCUT2D eigenvalue weighted by Crippen LogP contribution is 2.08. The fourth-order valence-corrected chi connectivity index (χ4v) is 1.06. The molecule has 4 heteroatoms. The standard InChI is InChI=1S/C9H15N3O/c1-3-13-9-6-7(2)11-8(12-9)4-5-10/h6H,3-5,10H2,1-2H3. The molecule has 0 unspecified atom stereocenters. The third-order valence-corrected chi connectivity index (χ3v) is 1.54. The summed E-state index contributed by atoms with van der Waals surface area (Å²) in [4.78, 5) is 8.43. The Kier molecular flexibility index (Phi) is 3.64. The van der Waals surface area contributed by atoms with Gasteiger partial charge in [-0.05, 0) is 20.4 Å². The largest absolute Gasteiger partial charge is 0.478 e. The second kappa shape index (κ2) is 4.77. The molecule has 0 saturated heterocycles. The van der Waals surface area contributed by atoms with Crippen LogP contribution in [0.25, 0.3) is 0 Å². The Morgan fingerprint density at radius 1 is 1.46 bits per heavy atom. The number of rotatable bonds is 4. The second-order valence-electron chi connectivity index (χ2n) is 2.74. The topological polar surface area (TPSA) is 61.0 Å². The summed E-state index contributed by atoms with van der Waals surface area (Å²) < 4.78 is 5.28. The van der Waals surface area contributed by atoms with Gasteiger partial charge in [-0.2, -0.15) is 4.98 Å². The first-order chi connectivity index (χ1) is 6.26. The number of ether oxygens (including phenoxy) is 1. The molecule has 72 valence electrons. The van der Waals surface area contributed by atoms with Gasteiger partial charge in [-0.3, -0.25) is 0 Å². The number of hydrogen-bond donors (Lipinski definition) is 1. The Morgan fingerprint density at radius 2 is 2.23 bits per heavy atom. The molecular formula is C9H15N3O. The van der Waals surface area contributed by atoms with Gasteiger partial charge < -0.3 is 10.5 Å². The van der Waals surface area contributed by atoms with Crippen molar-refractivity contribution in [3.63, 3.8) is 0 Å². The molecule has 1 heterocycles. The minimum Gasteiger partial charge on any atom is -0.478 e. The van der Waals surface area contributed by atoms with Crippen molar-refractivity contribution in [2.75, 3.05) is 13.2 Å². The van der Waals surface area contributed by atoms with Gasteiger partial charge in [-0.25, -0.2) is 4.98 Å². The van der Waals surface area contributed by atoms with Gasteiger partial charge in [0.25, 0.3) is 0 Å². The summed E-state index contributed by atoms with van der Waals surface area (Å²) in [6.07, 6.45) is 0.696. The molecule has 0 aliphatic carbocycles. The lowest BCUT2D eigenvalue weighted by Crippen LogP contribution is -2.08. The van der Waals surface area contributed by atoms with E-state index in [1.54, 1.807) is 0 Å². The molecule has 0 saturated carbocycles. The number of nitrogens with two attached hydrogens (primary N) is 1. The van der Waals surface area contributed by atoms with Crippen LogP contribution in [0.4, 0.5) is 0 Å². The maximum atomic E-state index is 5.41. The van der Waals surface area contributed by atoms with Gasteiger partial charge in [-0.15, -0.1) is 0 Å². The van der Waals surface area contributed by atoms with Crippen LogP contribution >= 0.6 is 0 Å². The summed E-state index contributed by atoms with van der Waals surface area (Å²) in [6.45, 7) is 5.04. The third-order valence-electron chi connectivity index (χ3n) is 1.54. The summed E-state index contributed by atoms with van der Waals surface area (Å²) in [5, 5.41) is 0. The van der Waals surface area contributed by atoms with E-state index in [0.29, 0.717) is 25.5 Å². The van der Waals surface area contributed by atoms with Crippen LogP contribution in [0, 0.1) is 6.92 Å². The zero-order valence-electron chi connectivity index (χ0n) is 8.08. The normalized spacial score (nSPS) is 10.1. The Labute approximate surface area is 78.1 Å². The van der Waals surface area contributed by atoms with E-state index in [-0.39, 0.29) is 0 Å². The van der Waals surface area contributed by atoms with Gasteiger partial charge in [0.2, 0.25) is 5.88 Å². The van der Waals surface area contributed by atoms with Crippen molar-refractivity contribution in [2.24, 2.45) is 5.73 Å². The van der Waals surface area contributed by atoms with Crippen LogP contribution in [-0.2, 0) is 6.42 Å². The van der Waals surface area contributed by atoms with Gasteiger partial charge in [0.1, 0.15) is 5.82 Å². The van der Waals surface area contributed by atoms with Crippen LogP contribution in [-0.4, -0.2) is 23.1 Å². The van der Waals surface area contributed by atoms with E-state index in [4.69, 9.17) is 10.5 Å². The minimum absolute atomic E-state index is 0.565. The van der Waals surface area contributed by atoms with Gasteiger partial charge in [0.05, 0.1) is 6.61 Å². The first-order valence-electron chi connectivity index (χ1n) is 4.43. The maximum absolute atomic E-state index is 5.41. The molecule has 1 aromatic heterocycles. The van der Waals surface area contributed by atoms with Crippen LogP contribution < -0.4 is 10.5 Å². The SMILES string of the molecule is CCOc1cc(C)nc(CCN)n1. The Morgan fingerprint density at radius 3 is 2.85 bits per heavy atom. The molecule has 0 amide bonds. The van der Waals surface area contributed by atoms with Crippen molar-refractivity contribution in [3.8, 4) is 5.88 Å². The number of hydrogen-bond acceptors (Lipinski definition) is 4. The smallest absolute Gasteiger partial charge is 0.216 e. The van der Waals surface area contributed by atoms with Crippen LogP contribution in [0.1, 0.15) is 18.4 Å². The predicted molar refractivity (Wildman–Crippen MR) is 50.7 cm³/mol. The number of aryl methyl sites for hydroxylation is 1. The van der Waals surface area contributed by atoms with Crippen LogP contribution in [0.5, 0.6) is 5.88 Å².